The second kappa shape index (κ2) is 8.00. The van der Waals surface area contributed by atoms with Crippen molar-refractivity contribution in [2.75, 3.05) is 18.5 Å². The number of anilines is 1. The third-order valence-electron chi connectivity index (χ3n) is 6.09. The summed E-state index contributed by atoms with van der Waals surface area (Å²) in [5.41, 5.74) is 1.33. The van der Waals surface area contributed by atoms with E-state index in [0.717, 1.165) is 12.0 Å². The van der Waals surface area contributed by atoms with Crippen LogP contribution in [0.15, 0.2) is 35.3 Å². The Morgan fingerprint density at radius 3 is 2.65 bits per heavy atom. The van der Waals surface area contributed by atoms with Crippen LogP contribution in [-0.2, 0) is 10.3 Å². The molecule has 8 heteroatoms. The van der Waals surface area contributed by atoms with Crippen molar-refractivity contribution < 1.29 is 13.5 Å². The Balaban J connectivity index is 1.79. The van der Waals surface area contributed by atoms with Gasteiger partial charge in [0.25, 0.3) is 12.0 Å². The van der Waals surface area contributed by atoms with E-state index in [1.54, 1.807) is 30.7 Å². The number of benzene rings is 1. The number of aromatic nitrogens is 3. The molecule has 1 unspecified atom stereocenters. The fourth-order valence-corrected chi connectivity index (χ4v) is 4.26. The molecule has 31 heavy (non-hydrogen) atoms. The fourth-order valence-electron chi connectivity index (χ4n) is 4.26. The van der Waals surface area contributed by atoms with Crippen molar-refractivity contribution in [1.29, 1.82) is 0 Å². The number of hydrogen-bond donors (Lipinski definition) is 1. The van der Waals surface area contributed by atoms with E-state index in [1.165, 1.54) is 12.1 Å². The van der Waals surface area contributed by atoms with Gasteiger partial charge in [-0.15, -0.1) is 0 Å². The summed E-state index contributed by atoms with van der Waals surface area (Å²) in [5.74, 6) is 1.08. The maximum Gasteiger partial charge on any atom is 0.264 e. The first-order chi connectivity index (χ1) is 14.7. The molecule has 0 aliphatic carbocycles. The Morgan fingerprint density at radius 1 is 1.23 bits per heavy atom. The second-order valence-electron chi connectivity index (χ2n) is 8.43. The fraction of sp³-hybridized carbons (Fsp3) is 0.435. The van der Waals surface area contributed by atoms with Crippen LogP contribution in [-0.4, -0.2) is 27.7 Å². The lowest BCUT2D eigenvalue weighted by molar-refractivity contribution is 0.150. The van der Waals surface area contributed by atoms with E-state index in [1.807, 2.05) is 19.9 Å². The highest BCUT2D eigenvalue weighted by atomic mass is 19.3. The third-order valence-corrected chi connectivity index (χ3v) is 6.09. The third kappa shape index (κ3) is 3.92. The highest BCUT2D eigenvalue weighted by molar-refractivity contribution is 5.88. The van der Waals surface area contributed by atoms with Gasteiger partial charge >= 0.3 is 0 Å². The second-order valence-corrected chi connectivity index (χ2v) is 8.43. The van der Waals surface area contributed by atoms with E-state index in [4.69, 9.17) is 4.74 Å². The molecule has 0 radical (unpaired) electrons. The summed E-state index contributed by atoms with van der Waals surface area (Å²) in [7, 11) is 0. The maximum absolute atomic E-state index is 13.3. The zero-order chi connectivity index (χ0) is 22.3. The van der Waals surface area contributed by atoms with E-state index >= 15 is 0 Å². The van der Waals surface area contributed by atoms with E-state index in [2.05, 4.69) is 15.3 Å². The highest BCUT2D eigenvalue weighted by Crippen LogP contribution is 2.32. The lowest BCUT2D eigenvalue weighted by Crippen LogP contribution is -2.38. The summed E-state index contributed by atoms with van der Waals surface area (Å²) in [6.45, 7) is 8.43. The molecule has 1 aliphatic heterocycles. The van der Waals surface area contributed by atoms with Gasteiger partial charge in [-0.2, -0.15) is 0 Å². The highest BCUT2D eigenvalue weighted by Gasteiger charge is 2.33. The van der Waals surface area contributed by atoms with Crippen LogP contribution in [0.1, 0.15) is 55.3 Å². The standard InChI is InChI=1S/C23H26F2N4O2/c1-13-16(6-5-7-17(13)21(24)25)14(2)26-22-18-11-29(23(4)8-9-31-12-23)20(30)10-19(18)27-15(3)28-22/h5-7,10-11,14,21H,8-9,12H2,1-4H3,(H,26,27,28)/t14-,23?/m1/s1. The van der Waals surface area contributed by atoms with Gasteiger partial charge in [0.05, 0.1) is 29.1 Å². The Kier molecular flexibility index (Phi) is 5.51. The largest absolute Gasteiger partial charge is 0.379 e. The Morgan fingerprint density at radius 2 is 1.97 bits per heavy atom. The summed E-state index contributed by atoms with van der Waals surface area (Å²) >= 11 is 0. The summed E-state index contributed by atoms with van der Waals surface area (Å²) in [4.78, 5) is 21.8. The molecule has 4 rings (SSSR count). The number of hydrogen-bond acceptors (Lipinski definition) is 5. The van der Waals surface area contributed by atoms with Crippen LogP contribution in [0.4, 0.5) is 14.6 Å². The molecule has 0 saturated carbocycles. The van der Waals surface area contributed by atoms with E-state index in [-0.39, 0.29) is 17.2 Å². The number of pyridine rings is 1. The van der Waals surface area contributed by atoms with E-state index in [9.17, 15) is 13.6 Å². The molecule has 1 N–H and O–H groups in total. The molecular weight excluding hydrogens is 402 g/mol. The maximum atomic E-state index is 13.3. The van der Waals surface area contributed by atoms with Gasteiger partial charge in [0.15, 0.2) is 0 Å². The molecule has 0 amide bonds. The number of aryl methyl sites for hydroxylation is 1. The lowest BCUT2D eigenvalue weighted by atomic mass is 9.97. The van der Waals surface area contributed by atoms with Crippen molar-refractivity contribution >= 4 is 16.7 Å². The molecule has 1 aliphatic rings. The van der Waals surface area contributed by atoms with Crippen LogP contribution < -0.4 is 10.9 Å². The molecule has 1 saturated heterocycles. The Hall–Kier alpha value is -2.87. The van der Waals surface area contributed by atoms with Crippen molar-refractivity contribution in [3.05, 3.63) is 63.3 Å². The first kappa shape index (κ1) is 21.4. The van der Waals surface area contributed by atoms with Crippen LogP contribution in [0.25, 0.3) is 10.9 Å². The van der Waals surface area contributed by atoms with Gasteiger partial charge in [0.1, 0.15) is 11.6 Å². The number of alkyl halides is 2. The predicted molar refractivity (Wildman–Crippen MR) is 116 cm³/mol. The predicted octanol–water partition coefficient (Wildman–Crippen LogP) is 4.65. The summed E-state index contributed by atoms with van der Waals surface area (Å²) in [5, 5.41) is 4.06. The zero-order valence-corrected chi connectivity index (χ0v) is 18.1. The smallest absolute Gasteiger partial charge is 0.264 e. The Labute approximate surface area is 179 Å². The van der Waals surface area contributed by atoms with Crippen molar-refractivity contribution in [2.24, 2.45) is 0 Å². The van der Waals surface area contributed by atoms with Gasteiger partial charge in [-0.1, -0.05) is 18.2 Å². The lowest BCUT2D eigenvalue weighted by Gasteiger charge is -2.26. The topological polar surface area (TPSA) is 69.0 Å². The molecule has 1 aromatic carbocycles. The molecule has 3 heterocycles. The summed E-state index contributed by atoms with van der Waals surface area (Å²) in [6, 6.07) is 6.17. The monoisotopic (exact) mass is 428 g/mol. The van der Waals surface area contributed by atoms with Gasteiger partial charge in [-0.05, 0) is 45.2 Å². The molecule has 164 valence electrons. The van der Waals surface area contributed by atoms with Gasteiger partial charge in [-0.25, -0.2) is 18.7 Å². The number of fused-ring (bicyclic) bond motifs is 1. The van der Waals surface area contributed by atoms with Gasteiger partial charge in [0, 0.05) is 24.4 Å². The normalized spacial score (nSPS) is 19.8. The van der Waals surface area contributed by atoms with Crippen molar-refractivity contribution in [2.45, 2.75) is 52.1 Å². The van der Waals surface area contributed by atoms with Crippen molar-refractivity contribution in [3.63, 3.8) is 0 Å². The number of nitrogens with one attached hydrogen (secondary N) is 1. The minimum Gasteiger partial charge on any atom is -0.379 e. The Bertz CT molecular complexity index is 1190. The van der Waals surface area contributed by atoms with Crippen LogP contribution in [0.3, 0.4) is 0 Å². The van der Waals surface area contributed by atoms with Crippen molar-refractivity contribution in [1.82, 2.24) is 14.5 Å². The molecule has 0 bridgehead atoms. The molecule has 2 aromatic heterocycles. The van der Waals surface area contributed by atoms with Crippen LogP contribution >= 0.6 is 0 Å². The molecule has 6 nitrogen and oxygen atoms in total. The quantitative estimate of drug-likeness (QED) is 0.640. The first-order valence-electron chi connectivity index (χ1n) is 10.3. The SMILES string of the molecule is Cc1nc(N[C@H](C)c2cccc(C(F)F)c2C)c2cn(C3(C)CCOC3)c(=O)cc2n1. The van der Waals surface area contributed by atoms with Crippen molar-refractivity contribution in [3.8, 4) is 0 Å². The van der Waals surface area contributed by atoms with E-state index in [0.29, 0.717) is 41.3 Å². The molecule has 2 atom stereocenters. The first-order valence-corrected chi connectivity index (χ1v) is 10.3. The molecule has 1 fully saturated rings. The summed E-state index contributed by atoms with van der Waals surface area (Å²) < 4.78 is 33.9. The average Bonchev–Trinajstić information content (AvgIpc) is 3.14. The minimum atomic E-state index is -2.53. The molecular formula is C23H26F2N4O2. The minimum absolute atomic E-state index is 0.0258. The van der Waals surface area contributed by atoms with Gasteiger partial charge < -0.3 is 14.6 Å². The zero-order valence-electron chi connectivity index (χ0n) is 18.1. The molecule has 3 aromatic rings. The van der Waals surface area contributed by atoms with Crippen LogP contribution in [0.2, 0.25) is 0 Å². The average molecular weight is 428 g/mol. The molecule has 0 spiro atoms. The van der Waals surface area contributed by atoms with Gasteiger partial charge in [-0.3, -0.25) is 4.79 Å². The number of halogens is 2. The van der Waals surface area contributed by atoms with E-state index < -0.39 is 12.0 Å². The van der Waals surface area contributed by atoms with Gasteiger partial charge in [0.2, 0.25) is 0 Å². The number of rotatable bonds is 5. The van der Waals surface area contributed by atoms with Crippen LogP contribution in [0.5, 0.6) is 0 Å². The number of nitrogens with zero attached hydrogens (tertiary/aromatic N) is 3. The summed E-state index contributed by atoms with van der Waals surface area (Å²) in [6.07, 6.45) is -0.00853. The van der Waals surface area contributed by atoms with Crippen LogP contribution in [0, 0.1) is 13.8 Å². The number of ether oxygens (including phenoxy) is 1.